The summed E-state index contributed by atoms with van der Waals surface area (Å²) in [6.45, 7) is 4.23. The highest BCUT2D eigenvalue weighted by atomic mass is 16.6. The number of amides is 1. The minimum atomic E-state index is -0.583. The van der Waals surface area contributed by atoms with Crippen LogP contribution < -0.4 is 9.47 Å². The number of carbonyl (C=O) groups is 1. The molecule has 4 rings (SSSR count). The molecule has 6 nitrogen and oxygen atoms in total. The van der Waals surface area contributed by atoms with Gasteiger partial charge in [0.25, 0.3) is 5.91 Å². The van der Waals surface area contributed by atoms with Crippen LogP contribution in [0.1, 0.15) is 17.5 Å². The molecule has 6 heteroatoms. The first-order chi connectivity index (χ1) is 13.7. The van der Waals surface area contributed by atoms with Crippen molar-refractivity contribution < 1.29 is 14.3 Å². The van der Waals surface area contributed by atoms with E-state index in [9.17, 15) is 4.79 Å². The number of nitrogens with zero attached hydrogens (tertiary/aromatic N) is 3. The lowest BCUT2D eigenvalue weighted by atomic mass is 10.1. The summed E-state index contributed by atoms with van der Waals surface area (Å²) in [6, 6.07) is 17.3. The highest BCUT2D eigenvalue weighted by Crippen LogP contribution is 2.31. The topological polar surface area (TPSA) is 65.8 Å². The monoisotopic (exact) mass is 377 g/mol. The van der Waals surface area contributed by atoms with Crippen LogP contribution in [0.15, 0.2) is 48.5 Å². The van der Waals surface area contributed by atoms with E-state index in [4.69, 9.17) is 14.7 Å². The molecule has 1 saturated heterocycles. The van der Waals surface area contributed by atoms with Crippen LogP contribution in [0.4, 0.5) is 0 Å². The number of benzene rings is 2. The molecular formula is C22H23N3O3. The molecule has 2 aliphatic heterocycles. The molecule has 2 aromatic rings. The first kappa shape index (κ1) is 18.3. The van der Waals surface area contributed by atoms with Gasteiger partial charge in [-0.15, -0.1) is 0 Å². The smallest absolute Gasteiger partial charge is 0.267 e. The second-order valence-corrected chi connectivity index (χ2v) is 7.13. The van der Waals surface area contributed by atoms with E-state index in [-0.39, 0.29) is 12.5 Å². The number of carbonyl (C=O) groups excluding carboxylic acids is 1. The highest BCUT2D eigenvalue weighted by molar-refractivity contribution is 5.82. The zero-order valence-electron chi connectivity index (χ0n) is 15.7. The summed E-state index contributed by atoms with van der Waals surface area (Å²) in [5.74, 6) is 1.31. The lowest BCUT2D eigenvalue weighted by Crippen LogP contribution is -2.47. The zero-order valence-corrected chi connectivity index (χ0v) is 15.7. The number of para-hydroxylation sites is 2. The number of fused-ring (bicyclic) bond motifs is 1. The number of nitriles is 1. The minimum Gasteiger partial charge on any atom is -0.485 e. The molecule has 1 fully saturated rings. The van der Waals surface area contributed by atoms with Gasteiger partial charge >= 0.3 is 0 Å². The lowest BCUT2D eigenvalue weighted by molar-refractivity contribution is -0.141. The molecule has 0 N–H and O–H groups in total. The molecule has 0 spiro atoms. The van der Waals surface area contributed by atoms with E-state index >= 15 is 0 Å². The van der Waals surface area contributed by atoms with Crippen molar-refractivity contribution in [1.82, 2.24) is 9.80 Å². The van der Waals surface area contributed by atoms with Gasteiger partial charge in [-0.05, 0) is 36.2 Å². The van der Waals surface area contributed by atoms with Gasteiger partial charge in [-0.3, -0.25) is 9.69 Å². The Morgan fingerprint density at radius 2 is 1.82 bits per heavy atom. The SMILES string of the molecule is N#Cc1ccc(CN2CCCN(C(=O)C3COc4ccccc4O3)CC2)cc1. The Morgan fingerprint density at radius 3 is 2.61 bits per heavy atom. The van der Waals surface area contributed by atoms with Crippen LogP contribution >= 0.6 is 0 Å². The predicted molar refractivity (Wildman–Crippen MR) is 104 cm³/mol. The van der Waals surface area contributed by atoms with Crippen molar-refractivity contribution in [3.05, 3.63) is 59.7 Å². The molecule has 2 heterocycles. The summed E-state index contributed by atoms with van der Waals surface area (Å²) in [7, 11) is 0. The van der Waals surface area contributed by atoms with Gasteiger partial charge in [0, 0.05) is 32.7 Å². The fraction of sp³-hybridized carbons (Fsp3) is 0.364. The van der Waals surface area contributed by atoms with Gasteiger partial charge in [0.05, 0.1) is 11.6 Å². The van der Waals surface area contributed by atoms with Gasteiger partial charge in [0.2, 0.25) is 6.10 Å². The molecule has 2 aromatic carbocycles. The van der Waals surface area contributed by atoms with Crippen LogP contribution in [0, 0.1) is 11.3 Å². The third-order valence-electron chi connectivity index (χ3n) is 5.17. The van der Waals surface area contributed by atoms with Crippen molar-refractivity contribution in [2.75, 3.05) is 32.8 Å². The van der Waals surface area contributed by atoms with E-state index in [1.807, 2.05) is 53.4 Å². The average molecular weight is 377 g/mol. The molecule has 0 aromatic heterocycles. The summed E-state index contributed by atoms with van der Waals surface area (Å²) >= 11 is 0. The maximum Gasteiger partial charge on any atom is 0.267 e. The Balaban J connectivity index is 1.33. The third-order valence-corrected chi connectivity index (χ3v) is 5.17. The molecule has 0 saturated carbocycles. The second-order valence-electron chi connectivity index (χ2n) is 7.13. The summed E-state index contributed by atoms with van der Waals surface area (Å²) in [5.41, 5.74) is 1.85. The van der Waals surface area contributed by atoms with Gasteiger partial charge in [0.1, 0.15) is 6.61 Å². The number of rotatable bonds is 3. The highest BCUT2D eigenvalue weighted by Gasteiger charge is 2.31. The Hall–Kier alpha value is -3.04. The van der Waals surface area contributed by atoms with E-state index in [0.29, 0.717) is 23.6 Å². The molecule has 1 unspecified atom stereocenters. The van der Waals surface area contributed by atoms with E-state index in [1.165, 1.54) is 5.56 Å². The maximum atomic E-state index is 12.9. The van der Waals surface area contributed by atoms with Crippen molar-refractivity contribution in [2.24, 2.45) is 0 Å². The van der Waals surface area contributed by atoms with Crippen LogP contribution in [0.25, 0.3) is 0 Å². The first-order valence-corrected chi connectivity index (χ1v) is 9.61. The van der Waals surface area contributed by atoms with E-state index in [1.54, 1.807) is 0 Å². The summed E-state index contributed by atoms with van der Waals surface area (Å²) in [5, 5.41) is 8.91. The standard InChI is InChI=1S/C22H23N3O3/c23-14-17-6-8-18(9-7-17)15-24-10-3-11-25(13-12-24)22(26)21-16-27-19-4-1-2-5-20(19)28-21/h1-2,4-9,21H,3,10-13,15-16H2. The van der Waals surface area contributed by atoms with Gasteiger partial charge in [0.15, 0.2) is 11.5 Å². The molecule has 1 amide bonds. The van der Waals surface area contributed by atoms with Crippen molar-refractivity contribution in [3.8, 4) is 17.6 Å². The molecule has 2 aliphatic rings. The first-order valence-electron chi connectivity index (χ1n) is 9.61. The van der Waals surface area contributed by atoms with Crippen LogP contribution in [0.3, 0.4) is 0 Å². The average Bonchev–Trinajstić information content (AvgIpc) is 2.99. The van der Waals surface area contributed by atoms with Crippen molar-refractivity contribution >= 4 is 5.91 Å². The van der Waals surface area contributed by atoms with Crippen LogP contribution in [0.2, 0.25) is 0 Å². The summed E-state index contributed by atoms with van der Waals surface area (Å²) in [4.78, 5) is 17.2. The number of ether oxygens (including phenoxy) is 2. The van der Waals surface area contributed by atoms with E-state index in [2.05, 4.69) is 11.0 Å². The summed E-state index contributed by atoms with van der Waals surface area (Å²) < 4.78 is 11.6. The van der Waals surface area contributed by atoms with Crippen molar-refractivity contribution in [2.45, 2.75) is 19.1 Å². The van der Waals surface area contributed by atoms with E-state index in [0.717, 1.165) is 32.6 Å². The fourth-order valence-corrected chi connectivity index (χ4v) is 3.64. The van der Waals surface area contributed by atoms with Crippen LogP contribution in [-0.4, -0.2) is 54.6 Å². The number of hydrogen-bond donors (Lipinski definition) is 0. The third kappa shape index (κ3) is 4.10. The molecule has 144 valence electrons. The van der Waals surface area contributed by atoms with Crippen LogP contribution in [0.5, 0.6) is 11.5 Å². The molecule has 0 aliphatic carbocycles. The predicted octanol–water partition coefficient (Wildman–Crippen LogP) is 2.43. The van der Waals surface area contributed by atoms with Gasteiger partial charge in [-0.2, -0.15) is 5.26 Å². The molecular weight excluding hydrogens is 354 g/mol. The van der Waals surface area contributed by atoms with Crippen molar-refractivity contribution in [1.29, 1.82) is 5.26 Å². The number of hydrogen-bond acceptors (Lipinski definition) is 5. The molecule has 28 heavy (non-hydrogen) atoms. The quantitative estimate of drug-likeness (QED) is 0.822. The molecule has 1 atom stereocenters. The second kappa shape index (κ2) is 8.32. The maximum absolute atomic E-state index is 12.9. The van der Waals surface area contributed by atoms with Gasteiger partial charge < -0.3 is 14.4 Å². The summed E-state index contributed by atoms with van der Waals surface area (Å²) in [6.07, 6.45) is 0.339. The van der Waals surface area contributed by atoms with Crippen molar-refractivity contribution in [3.63, 3.8) is 0 Å². The zero-order chi connectivity index (χ0) is 19.3. The van der Waals surface area contributed by atoms with Gasteiger partial charge in [-0.25, -0.2) is 0 Å². The fourth-order valence-electron chi connectivity index (χ4n) is 3.64. The lowest BCUT2D eigenvalue weighted by Gasteiger charge is -2.30. The van der Waals surface area contributed by atoms with Crippen LogP contribution in [-0.2, 0) is 11.3 Å². The molecule has 0 radical (unpaired) electrons. The Morgan fingerprint density at radius 1 is 1.04 bits per heavy atom. The Bertz CT molecular complexity index is 875. The minimum absolute atomic E-state index is 0.00488. The molecule has 0 bridgehead atoms. The van der Waals surface area contributed by atoms with E-state index < -0.39 is 6.10 Å². The largest absolute Gasteiger partial charge is 0.485 e. The normalized spacial score (nSPS) is 19.5. The Kier molecular flexibility index (Phi) is 5.45. The Labute approximate surface area is 164 Å². The van der Waals surface area contributed by atoms with Gasteiger partial charge in [-0.1, -0.05) is 24.3 Å².